The van der Waals surface area contributed by atoms with Gasteiger partial charge in [0.05, 0.1) is 0 Å². The minimum absolute atomic E-state index is 0.0713. The first kappa shape index (κ1) is 45.2. The smallest absolute Gasteiger partial charge is 0.306 e. The van der Waals surface area contributed by atoms with Gasteiger partial charge >= 0.3 is 17.9 Å². The van der Waals surface area contributed by atoms with Crippen molar-refractivity contribution in [3.05, 3.63) is 12.2 Å². The number of rotatable bonds is 36. The molecule has 0 N–H and O–H groups in total. The Bertz CT molecular complexity index is 733. The first-order valence-electron chi connectivity index (χ1n) is 20.2. The molecule has 0 rings (SSSR count). The van der Waals surface area contributed by atoms with Gasteiger partial charge in [-0.3, -0.25) is 14.4 Å². The second-order valence-electron chi connectivity index (χ2n) is 13.6. The van der Waals surface area contributed by atoms with E-state index in [1.165, 1.54) is 103 Å². The summed E-state index contributed by atoms with van der Waals surface area (Å²) < 4.78 is 16.5. The van der Waals surface area contributed by atoms with Gasteiger partial charge in [0.2, 0.25) is 0 Å². The summed E-state index contributed by atoms with van der Waals surface area (Å²) in [4.78, 5) is 37.2. The van der Waals surface area contributed by atoms with E-state index in [0.717, 1.165) is 70.6 Å². The molecule has 0 bridgehead atoms. The number of carbonyl (C=O) groups excluding carboxylic acids is 3. The Hall–Kier alpha value is -1.85. The average molecular weight is 665 g/mol. The van der Waals surface area contributed by atoms with E-state index in [9.17, 15) is 14.4 Å². The molecule has 0 aromatic heterocycles. The fraction of sp³-hybridized carbons (Fsp3) is 0.878. The van der Waals surface area contributed by atoms with Crippen molar-refractivity contribution in [1.82, 2.24) is 0 Å². The van der Waals surface area contributed by atoms with Crippen LogP contribution in [-0.2, 0) is 28.6 Å². The lowest BCUT2D eigenvalue weighted by atomic mass is 10.1. The third-order valence-electron chi connectivity index (χ3n) is 8.77. The van der Waals surface area contributed by atoms with E-state index in [0.29, 0.717) is 19.3 Å². The van der Waals surface area contributed by atoms with E-state index in [-0.39, 0.29) is 31.1 Å². The summed E-state index contributed by atoms with van der Waals surface area (Å²) in [6, 6.07) is 0. The molecule has 0 aliphatic rings. The molecule has 0 saturated carbocycles. The van der Waals surface area contributed by atoms with Gasteiger partial charge in [0.1, 0.15) is 13.2 Å². The van der Waals surface area contributed by atoms with Crippen LogP contribution < -0.4 is 0 Å². The molecular weight excluding hydrogens is 588 g/mol. The molecule has 0 radical (unpaired) electrons. The van der Waals surface area contributed by atoms with E-state index >= 15 is 0 Å². The Labute approximate surface area is 290 Å². The summed E-state index contributed by atoms with van der Waals surface area (Å²) in [5.74, 6) is -0.894. The summed E-state index contributed by atoms with van der Waals surface area (Å²) in [6.07, 6.45) is 36.5. The molecule has 1 atom stereocenters. The van der Waals surface area contributed by atoms with Gasteiger partial charge in [-0.05, 0) is 44.9 Å². The van der Waals surface area contributed by atoms with Crippen molar-refractivity contribution >= 4 is 17.9 Å². The normalized spacial score (nSPS) is 12.0. The van der Waals surface area contributed by atoms with E-state index in [2.05, 4.69) is 32.9 Å². The lowest BCUT2D eigenvalue weighted by molar-refractivity contribution is -0.167. The van der Waals surface area contributed by atoms with Crippen molar-refractivity contribution in [3.63, 3.8) is 0 Å². The maximum atomic E-state index is 12.6. The van der Waals surface area contributed by atoms with Crippen LogP contribution in [0.25, 0.3) is 0 Å². The van der Waals surface area contributed by atoms with E-state index < -0.39 is 6.10 Å². The van der Waals surface area contributed by atoms with Crippen LogP contribution in [-0.4, -0.2) is 37.2 Å². The quantitative estimate of drug-likeness (QED) is 0.0287. The molecule has 0 amide bonds. The van der Waals surface area contributed by atoms with Gasteiger partial charge in [-0.1, -0.05) is 161 Å². The summed E-state index contributed by atoms with van der Waals surface area (Å²) in [6.45, 7) is 6.51. The van der Waals surface area contributed by atoms with Gasteiger partial charge in [0.25, 0.3) is 0 Å². The van der Waals surface area contributed by atoms with Crippen LogP contribution in [0.15, 0.2) is 12.2 Å². The fourth-order valence-corrected chi connectivity index (χ4v) is 5.67. The van der Waals surface area contributed by atoms with Crippen molar-refractivity contribution in [3.8, 4) is 0 Å². The number of ether oxygens (including phenoxy) is 3. The molecule has 47 heavy (non-hydrogen) atoms. The highest BCUT2D eigenvalue weighted by molar-refractivity contribution is 5.71. The van der Waals surface area contributed by atoms with E-state index in [1.54, 1.807) is 0 Å². The van der Waals surface area contributed by atoms with Crippen molar-refractivity contribution in [2.75, 3.05) is 13.2 Å². The van der Waals surface area contributed by atoms with Gasteiger partial charge in [-0.25, -0.2) is 0 Å². The molecule has 0 spiro atoms. The highest BCUT2D eigenvalue weighted by Gasteiger charge is 2.19. The monoisotopic (exact) mass is 665 g/mol. The Morgan fingerprint density at radius 3 is 1.06 bits per heavy atom. The zero-order valence-electron chi connectivity index (χ0n) is 31.3. The first-order valence-corrected chi connectivity index (χ1v) is 20.2. The lowest BCUT2D eigenvalue weighted by Gasteiger charge is -2.18. The van der Waals surface area contributed by atoms with Crippen LogP contribution in [0.4, 0.5) is 0 Å². The Morgan fingerprint density at radius 2 is 0.702 bits per heavy atom. The number of hydrogen-bond donors (Lipinski definition) is 0. The SMILES string of the molecule is CCCCCCC/C=C\CCCCCCCC(=O)OCC(COC(=O)CCCCCCC)OC(=O)CCCCCCCCCCCC. The molecule has 0 aromatic rings. The van der Waals surface area contributed by atoms with Crippen molar-refractivity contribution in [1.29, 1.82) is 0 Å². The maximum absolute atomic E-state index is 12.6. The molecule has 0 saturated heterocycles. The van der Waals surface area contributed by atoms with Gasteiger partial charge in [-0.2, -0.15) is 0 Å². The molecule has 0 aromatic carbocycles. The minimum atomic E-state index is -0.761. The topological polar surface area (TPSA) is 78.9 Å². The first-order chi connectivity index (χ1) is 23.0. The second kappa shape index (κ2) is 37.0. The number of unbranched alkanes of at least 4 members (excludes halogenated alkanes) is 23. The Kier molecular flexibility index (Phi) is 35.5. The van der Waals surface area contributed by atoms with E-state index in [4.69, 9.17) is 14.2 Å². The maximum Gasteiger partial charge on any atom is 0.306 e. The summed E-state index contributed by atoms with van der Waals surface area (Å²) >= 11 is 0. The molecule has 0 fully saturated rings. The largest absolute Gasteiger partial charge is 0.462 e. The Morgan fingerprint density at radius 1 is 0.404 bits per heavy atom. The van der Waals surface area contributed by atoms with Crippen LogP contribution in [0, 0.1) is 0 Å². The molecule has 0 aliphatic carbocycles. The number of allylic oxidation sites excluding steroid dienone is 2. The van der Waals surface area contributed by atoms with Gasteiger partial charge in [0, 0.05) is 19.3 Å². The highest BCUT2D eigenvalue weighted by atomic mass is 16.6. The van der Waals surface area contributed by atoms with Crippen LogP contribution in [0.2, 0.25) is 0 Å². The van der Waals surface area contributed by atoms with Crippen molar-refractivity contribution < 1.29 is 28.6 Å². The second-order valence-corrected chi connectivity index (χ2v) is 13.6. The minimum Gasteiger partial charge on any atom is -0.462 e. The van der Waals surface area contributed by atoms with E-state index in [1.807, 2.05) is 0 Å². The molecule has 1 unspecified atom stereocenters. The number of hydrogen-bond acceptors (Lipinski definition) is 6. The molecule has 0 heterocycles. The predicted octanol–water partition coefficient (Wildman–Crippen LogP) is 12.3. The van der Waals surface area contributed by atoms with Crippen LogP contribution in [0.5, 0.6) is 0 Å². The molecular formula is C41H76O6. The zero-order chi connectivity index (χ0) is 34.5. The summed E-state index contributed by atoms with van der Waals surface area (Å²) in [5.41, 5.74) is 0. The molecule has 6 heteroatoms. The zero-order valence-corrected chi connectivity index (χ0v) is 31.3. The van der Waals surface area contributed by atoms with Gasteiger partial charge in [-0.15, -0.1) is 0 Å². The fourth-order valence-electron chi connectivity index (χ4n) is 5.67. The predicted molar refractivity (Wildman–Crippen MR) is 196 cm³/mol. The molecule has 6 nitrogen and oxygen atoms in total. The van der Waals surface area contributed by atoms with Gasteiger partial charge < -0.3 is 14.2 Å². The Balaban J connectivity index is 4.25. The average Bonchev–Trinajstić information content (AvgIpc) is 3.06. The summed E-state index contributed by atoms with van der Waals surface area (Å²) in [5, 5.41) is 0. The van der Waals surface area contributed by atoms with Crippen LogP contribution >= 0.6 is 0 Å². The van der Waals surface area contributed by atoms with Crippen molar-refractivity contribution in [2.45, 2.75) is 219 Å². The van der Waals surface area contributed by atoms with Crippen molar-refractivity contribution in [2.24, 2.45) is 0 Å². The van der Waals surface area contributed by atoms with Crippen LogP contribution in [0.3, 0.4) is 0 Å². The molecule has 0 aliphatic heterocycles. The number of esters is 3. The third kappa shape index (κ3) is 35.3. The van der Waals surface area contributed by atoms with Crippen LogP contribution in [0.1, 0.15) is 213 Å². The standard InChI is InChI=1S/C41H76O6/c1-4-7-10-13-15-17-19-20-21-22-24-25-28-31-34-40(43)46-37-38(36-45-39(42)33-30-27-12-9-6-3)47-41(44)35-32-29-26-23-18-16-14-11-8-5-2/h19-20,38H,4-18,21-37H2,1-3H3/b20-19-. The summed E-state index contributed by atoms with van der Waals surface area (Å²) in [7, 11) is 0. The lowest BCUT2D eigenvalue weighted by Crippen LogP contribution is -2.30. The highest BCUT2D eigenvalue weighted by Crippen LogP contribution is 2.14. The number of carbonyl (C=O) groups is 3. The molecule has 276 valence electrons. The van der Waals surface area contributed by atoms with Gasteiger partial charge in [0.15, 0.2) is 6.10 Å². The third-order valence-corrected chi connectivity index (χ3v) is 8.77.